The largest absolute Gasteiger partial charge is 0.337 e. The SMILES string of the molecule is Cc1c(CN2CCN(C(=O)C3CCCC3)[C@@H](C)C2)cc(F)cc1NC(=O)c1ccc(F)cc1F. The summed E-state index contributed by atoms with van der Waals surface area (Å²) < 4.78 is 41.6. The zero-order chi connectivity index (χ0) is 24.4. The molecule has 1 saturated heterocycles. The maximum Gasteiger partial charge on any atom is 0.258 e. The highest BCUT2D eigenvalue weighted by Crippen LogP contribution is 2.29. The molecule has 1 atom stereocenters. The van der Waals surface area contributed by atoms with Crippen LogP contribution in [0.15, 0.2) is 30.3 Å². The van der Waals surface area contributed by atoms with Crippen molar-refractivity contribution in [2.24, 2.45) is 5.92 Å². The Morgan fingerprint density at radius 3 is 2.44 bits per heavy atom. The van der Waals surface area contributed by atoms with Gasteiger partial charge in [0.25, 0.3) is 5.91 Å². The quantitative estimate of drug-likeness (QED) is 0.673. The monoisotopic (exact) mass is 473 g/mol. The van der Waals surface area contributed by atoms with Crippen molar-refractivity contribution in [3.8, 4) is 0 Å². The molecule has 0 bridgehead atoms. The van der Waals surface area contributed by atoms with Gasteiger partial charge in [0.2, 0.25) is 5.91 Å². The number of nitrogens with zero attached hydrogens (tertiary/aromatic N) is 2. The van der Waals surface area contributed by atoms with Crippen LogP contribution in [0.4, 0.5) is 18.9 Å². The van der Waals surface area contributed by atoms with Crippen LogP contribution in [0.25, 0.3) is 0 Å². The van der Waals surface area contributed by atoms with Crippen LogP contribution < -0.4 is 5.32 Å². The zero-order valence-corrected chi connectivity index (χ0v) is 19.5. The van der Waals surface area contributed by atoms with Gasteiger partial charge in [0, 0.05) is 49.9 Å². The summed E-state index contributed by atoms with van der Waals surface area (Å²) in [6, 6.07) is 5.39. The Labute approximate surface area is 197 Å². The standard InChI is InChI=1S/C26H30F3N3O2/c1-16-14-31(9-10-32(16)26(34)18-5-3-4-6-18)15-19-11-21(28)13-24(17(19)2)30-25(33)22-8-7-20(27)12-23(22)29/h7-8,11-13,16,18H,3-6,9-10,14-15H2,1-2H3,(H,30,33)/t16-/m0/s1. The molecule has 0 unspecified atom stereocenters. The minimum Gasteiger partial charge on any atom is -0.337 e. The molecule has 1 saturated carbocycles. The molecule has 5 nitrogen and oxygen atoms in total. The third kappa shape index (κ3) is 5.27. The molecule has 0 radical (unpaired) electrons. The second kappa shape index (κ2) is 10.2. The molecular formula is C26H30F3N3O2. The number of halogens is 3. The van der Waals surface area contributed by atoms with E-state index in [1.807, 2.05) is 11.8 Å². The number of piperazine rings is 1. The van der Waals surface area contributed by atoms with Crippen LogP contribution in [0.2, 0.25) is 0 Å². The minimum atomic E-state index is -0.981. The molecule has 2 amide bonds. The number of anilines is 1. The third-order valence-corrected chi connectivity index (χ3v) is 7.00. The van der Waals surface area contributed by atoms with Crippen LogP contribution in [-0.4, -0.2) is 47.3 Å². The molecule has 1 aliphatic heterocycles. The van der Waals surface area contributed by atoms with Crippen molar-refractivity contribution in [1.82, 2.24) is 9.80 Å². The van der Waals surface area contributed by atoms with E-state index in [1.54, 1.807) is 6.92 Å². The van der Waals surface area contributed by atoms with Gasteiger partial charge in [0.1, 0.15) is 17.5 Å². The lowest BCUT2D eigenvalue weighted by molar-refractivity contribution is -0.140. The highest BCUT2D eigenvalue weighted by Gasteiger charge is 2.33. The average Bonchev–Trinajstić information content (AvgIpc) is 3.31. The first-order valence-corrected chi connectivity index (χ1v) is 11.8. The van der Waals surface area contributed by atoms with E-state index in [0.29, 0.717) is 43.4 Å². The summed E-state index contributed by atoms with van der Waals surface area (Å²) in [6.07, 6.45) is 4.20. The third-order valence-electron chi connectivity index (χ3n) is 7.00. The smallest absolute Gasteiger partial charge is 0.258 e. The summed E-state index contributed by atoms with van der Waals surface area (Å²) >= 11 is 0. The number of carbonyl (C=O) groups excluding carboxylic acids is 2. The van der Waals surface area contributed by atoms with Gasteiger partial charge in [-0.15, -0.1) is 0 Å². The Morgan fingerprint density at radius 1 is 1.03 bits per heavy atom. The van der Waals surface area contributed by atoms with Gasteiger partial charge in [0.15, 0.2) is 0 Å². The molecule has 4 rings (SSSR count). The van der Waals surface area contributed by atoms with Crippen molar-refractivity contribution >= 4 is 17.5 Å². The van der Waals surface area contributed by atoms with Gasteiger partial charge >= 0.3 is 0 Å². The lowest BCUT2D eigenvalue weighted by atomic mass is 10.0. The molecule has 2 aliphatic rings. The van der Waals surface area contributed by atoms with Crippen molar-refractivity contribution in [3.05, 3.63) is 64.5 Å². The van der Waals surface area contributed by atoms with Crippen LogP contribution >= 0.6 is 0 Å². The molecule has 182 valence electrons. The molecule has 2 fully saturated rings. The van der Waals surface area contributed by atoms with Crippen LogP contribution in [0.1, 0.15) is 54.1 Å². The van der Waals surface area contributed by atoms with Gasteiger partial charge in [-0.1, -0.05) is 12.8 Å². The molecule has 8 heteroatoms. The molecule has 0 spiro atoms. The predicted octanol–water partition coefficient (Wildman–Crippen LogP) is 4.89. The van der Waals surface area contributed by atoms with Gasteiger partial charge in [0.05, 0.1) is 5.56 Å². The molecular weight excluding hydrogens is 443 g/mol. The molecule has 0 aromatic heterocycles. The summed E-state index contributed by atoms with van der Waals surface area (Å²) in [5.74, 6) is -2.65. The number of amides is 2. The second-order valence-corrected chi connectivity index (χ2v) is 9.41. The first kappa shape index (κ1) is 24.3. The number of hydrogen-bond donors (Lipinski definition) is 1. The summed E-state index contributed by atoms with van der Waals surface area (Å²) in [5.41, 5.74) is 1.31. The number of rotatable bonds is 5. The van der Waals surface area contributed by atoms with Gasteiger partial charge in [-0.25, -0.2) is 13.2 Å². The molecule has 34 heavy (non-hydrogen) atoms. The number of carbonyl (C=O) groups is 2. The lowest BCUT2D eigenvalue weighted by Gasteiger charge is -2.41. The highest BCUT2D eigenvalue weighted by molar-refractivity contribution is 6.04. The van der Waals surface area contributed by atoms with Crippen molar-refractivity contribution in [2.75, 3.05) is 25.0 Å². The van der Waals surface area contributed by atoms with E-state index in [2.05, 4.69) is 10.2 Å². The highest BCUT2D eigenvalue weighted by atomic mass is 19.1. The van der Waals surface area contributed by atoms with Crippen LogP contribution in [0.3, 0.4) is 0 Å². The van der Waals surface area contributed by atoms with Gasteiger partial charge in [-0.2, -0.15) is 0 Å². The summed E-state index contributed by atoms with van der Waals surface area (Å²) in [6.45, 7) is 6.28. The predicted molar refractivity (Wildman–Crippen MR) is 124 cm³/mol. The summed E-state index contributed by atoms with van der Waals surface area (Å²) in [4.78, 5) is 29.5. The van der Waals surface area contributed by atoms with Crippen LogP contribution in [0, 0.1) is 30.3 Å². The first-order valence-electron chi connectivity index (χ1n) is 11.8. The molecule has 1 aliphatic carbocycles. The van der Waals surface area contributed by atoms with Crippen molar-refractivity contribution in [2.45, 2.75) is 52.1 Å². The summed E-state index contributed by atoms with van der Waals surface area (Å²) in [5, 5.41) is 2.55. The topological polar surface area (TPSA) is 52.6 Å². The number of hydrogen-bond acceptors (Lipinski definition) is 3. The van der Waals surface area contributed by atoms with Gasteiger partial charge in [-0.05, 0) is 62.1 Å². The Balaban J connectivity index is 1.44. The van der Waals surface area contributed by atoms with E-state index in [-0.39, 0.29) is 29.1 Å². The van der Waals surface area contributed by atoms with Crippen molar-refractivity contribution < 1.29 is 22.8 Å². The van der Waals surface area contributed by atoms with Crippen LogP contribution in [0.5, 0.6) is 0 Å². The van der Waals surface area contributed by atoms with Gasteiger partial charge in [-0.3, -0.25) is 14.5 Å². The second-order valence-electron chi connectivity index (χ2n) is 9.41. The molecule has 1 N–H and O–H groups in total. The Hall–Kier alpha value is -2.87. The normalized spacial score (nSPS) is 19.4. The van der Waals surface area contributed by atoms with E-state index in [1.165, 1.54) is 12.1 Å². The fourth-order valence-corrected chi connectivity index (χ4v) is 5.05. The molecule has 1 heterocycles. The van der Waals surface area contributed by atoms with E-state index >= 15 is 0 Å². The first-order chi connectivity index (χ1) is 16.2. The number of benzene rings is 2. The van der Waals surface area contributed by atoms with E-state index in [9.17, 15) is 22.8 Å². The molecule has 2 aromatic rings. The van der Waals surface area contributed by atoms with Gasteiger partial charge < -0.3 is 10.2 Å². The fraction of sp³-hybridized carbons (Fsp3) is 0.462. The maximum atomic E-state index is 14.4. The van der Waals surface area contributed by atoms with E-state index in [4.69, 9.17) is 0 Å². The minimum absolute atomic E-state index is 0.0661. The maximum absolute atomic E-state index is 14.4. The van der Waals surface area contributed by atoms with Crippen molar-refractivity contribution in [3.63, 3.8) is 0 Å². The zero-order valence-electron chi connectivity index (χ0n) is 19.5. The summed E-state index contributed by atoms with van der Waals surface area (Å²) in [7, 11) is 0. The fourth-order valence-electron chi connectivity index (χ4n) is 5.05. The van der Waals surface area contributed by atoms with E-state index in [0.717, 1.165) is 37.8 Å². The van der Waals surface area contributed by atoms with Crippen LogP contribution in [-0.2, 0) is 11.3 Å². The Morgan fingerprint density at radius 2 is 1.76 bits per heavy atom. The van der Waals surface area contributed by atoms with E-state index < -0.39 is 23.4 Å². The Bertz CT molecular complexity index is 1090. The average molecular weight is 474 g/mol. The molecule has 2 aromatic carbocycles. The number of nitrogens with one attached hydrogen (secondary N) is 1. The lowest BCUT2D eigenvalue weighted by Crippen LogP contribution is -2.54. The Kier molecular flexibility index (Phi) is 7.26. The van der Waals surface area contributed by atoms with Crippen molar-refractivity contribution in [1.29, 1.82) is 0 Å².